The second kappa shape index (κ2) is 4.50. The first kappa shape index (κ1) is 14.4. The van der Waals surface area contributed by atoms with Crippen LogP contribution in [0.4, 0.5) is 5.69 Å². The zero-order valence-electron chi connectivity index (χ0n) is 11.2. The zero-order chi connectivity index (χ0) is 16.2. The monoisotopic (exact) mass is 307 g/mol. The number of benzene rings is 1. The molecule has 0 bridgehead atoms. The van der Waals surface area contributed by atoms with E-state index in [-0.39, 0.29) is 12.1 Å². The first-order chi connectivity index (χ1) is 10.2. The fourth-order valence-corrected chi connectivity index (χ4v) is 2.74. The van der Waals surface area contributed by atoms with E-state index in [4.69, 9.17) is 5.73 Å². The number of hydrogen-bond donors (Lipinski definition) is 5. The van der Waals surface area contributed by atoms with Gasteiger partial charge in [-0.15, -0.1) is 0 Å². The van der Waals surface area contributed by atoms with Gasteiger partial charge in [-0.05, 0) is 12.1 Å². The number of nitrogen functional groups attached to an aromatic ring is 1. The van der Waals surface area contributed by atoms with E-state index in [1.807, 2.05) is 5.32 Å². The minimum Gasteiger partial charge on any atom is -0.398 e. The molecule has 1 fully saturated rings. The standard InChI is InChI=1S/C13H13N3O6/c14-7-3-1-2-5-6(7)4-16(12(5)20)8-10(18)15-11(19)9(17)13(8,21)22/h1-3,8,11,19,21-22H,4,14H2,(H,15,18). The predicted molar refractivity (Wildman–Crippen MR) is 70.8 cm³/mol. The van der Waals surface area contributed by atoms with Crippen LogP contribution in [-0.2, 0) is 16.1 Å². The Morgan fingerprint density at radius 2 is 1.95 bits per heavy atom. The Morgan fingerprint density at radius 3 is 2.59 bits per heavy atom. The number of Topliss-reactive ketones (excluding diaryl/α,β-unsaturated/α-hetero) is 1. The molecule has 1 aromatic carbocycles. The number of nitrogens with zero attached hydrogens (tertiary/aromatic N) is 1. The molecule has 2 aliphatic heterocycles. The van der Waals surface area contributed by atoms with Crippen molar-refractivity contribution in [2.24, 2.45) is 0 Å². The van der Waals surface area contributed by atoms with Crippen molar-refractivity contribution in [1.29, 1.82) is 0 Å². The van der Waals surface area contributed by atoms with Gasteiger partial charge in [0.2, 0.25) is 5.78 Å². The number of nitrogens with one attached hydrogen (secondary N) is 1. The van der Waals surface area contributed by atoms with Gasteiger partial charge in [-0.1, -0.05) is 6.07 Å². The second-order valence-corrected chi connectivity index (χ2v) is 5.21. The Kier molecular flexibility index (Phi) is 2.96. The van der Waals surface area contributed by atoms with Gasteiger partial charge in [0.1, 0.15) is 0 Å². The Hall–Kier alpha value is -2.49. The van der Waals surface area contributed by atoms with E-state index >= 15 is 0 Å². The molecule has 2 unspecified atom stereocenters. The third-order valence-electron chi connectivity index (χ3n) is 3.86. The predicted octanol–water partition coefficient (Wildman–Crippen LogP) is -2.71. The fourth-order valence-electron chi connectivity index (χ4n) is 2.74. The summed E-state index contributed by atoms with van der Waals surface area (Å²) in [6, 6.07) is 2.73. The van der Waals surface area contributed by atoms with Gasteiger partial charge in [0.05, 0.1) is 0 Å². The van der Waals surface area contributed by atoms with Gasteiger partial charge in [0.25, 0.3) is 17.6 Å². The van der Waals surface area contributed by atoms with Crippen molar-refractivity contribution in [2.45, 2.75) is 24.6 Å². The normalized spacial score (nSPS) is 26.9. The molecule has 2 amide bonds. The number of aliphatic hydroxyl groups is 3. The minimum atomic E-state index is -3.19. The van der Waals surface area contributed by atoms with Gasteiger partial charge in [-0.25, -0.2) is 0 Å². The van der Waals surface area contributed by atoms with Crippen LogP contribution in [0.3, 0.4) is 0 Å². The van der Waals surface area contributed by atoms with Crippen LogP contribution < -0.4 is 11.1 Å². The van der Waals surface area contributed by atoms with Crippen LogP contribution in [0.1, 0.15) is 15.9 Å². The third-order valence-corrected chi connectivity index (χ3v) is 3.86. The summed E-state index contributed by atoms with van der Waals surface area (Å²) in [5.41, 5.74) is 6.75. The molecule has 0 aromatic heterocycles. The lowest BCUT2D eigenvalue weighted by atomic mass is 9.94. The molecule has 9 nitrogen and oxygen atoms in total. The molecule has 0 radical (unpaired) electrons. The number of anilines is 1. The smallest absolute Gasteiger partial charge is 0.259 e. The number of rotatable bonds is 1. The van der Waals surface area contributed by atoms with Gasteiger partial charge in [0.15, 0.2) is 12.3 Å². The molecule has 6 N–H and O–H groups in total. The van der Waals surface area contributed by atoms with Crippen LogP contribution in [0.25, 0.3) is 0 Å². The minimum absolute atomic E-state index is 0.148. The van der Waals surface area contributed by atoms with Gasteiger partial charge >= 0.3 is 0 Å². The number of piperidine rings is 1. The van der Waals surface area contributed by atoms with Crippen molar-refractivity contribution in [3.63, 3.8) is 0 Å². The van der Waals surface area contributed by atoms with Crippen molar-refractivity contribution in [1.82, 2.24) is 10.2 Å². The summed E-state index contributed by atoms with van der Waals surface area (Å²) in [6.45, 7) is -0.148. The van der Waals surface area contributed by atoms with Crippen molar-refractivity contribution in [3.8, 4) is 0 Å². The van der Waals surface area contributed by atoms with Crippen LogP contribution in [0.15, 0.2) is 18.2 Å². The number of nitrogens with two attached hydrogens (primary N) is 1. The quantitative estimate of drug-likeness (QED) is 0.279. The molecule has 9 heteroatoms. The number of ketones is 1. The number of amides is 2. The molecular formula is C13H13N3O6. The van der Waals surface area contributed by atoms with E-state index in [1.54, 1.807) is 12.1 Å². The average Bonchev–Trinajstić information content (AvgIpc) is 2.76. The summed E-state index contributed by atoms with van der Waals surface area (Å²) >= 11 is 0. The molecule has 1 saturated heterocycles. The molecule has 0 spiro atoms. The highest BCUT2D eigenvalue weighted by atomic mass is 16.5. The Balaban J connectivity index is 2.02. The first-order valence-corrected chi connectivity index (χ1v) is 6.41. The molecule has 2 atom stereocenters. The lowest BCUT2D eigenvalue weighted by Crippen LogP contribution is -2.72. The molecular weight excluding hydrogens is 294 g/mol. The number of fused-ring (bicyclic) bond motifs is 1. The molecule has 2 aliphatic rings. The highest BCUT2D eigenvalue weighted by molar-refractivity contribution is 6.07. The summed E-state index contributed by atoms with van der Waals surface area (Å²) in [4.78, 5) is 36.9. The van der Waals surface area contributed by atoms with E-state index in [2.05, 4.69) is 0 Å². The van der Waals surface area contributed by atoms with Gasteiger partial charge in [0, 0.05) is 23.4 Å². The van der Waals surface area contributed by atoms with E-state index in [1.165, 1.54) is 6.07 Å². The Bertz CT molecular complexity index is 701. The van der Waals surface area contributed by atoms with Crippen LogP contribution in [0.2, 0.25) is 0 Å². The molecule has 3 rings (SSSR count). The van der Waals surface area contributed by atoms with E-state index in [9.17, 15) is 29.7 Å². The fraction of sp³-hybridized carbons (Fsp3) is 0.308. The van der Waals surface area contributed by atoms with Crippen molar-refractivity contribution in [2.75, 3.05) is 5.73 Å². The topological polar surface area (TPSA) is 153 Å². The van der Waals surface area contributed by atoms with Crippen molar-refractivity contribution >= 4 is 23.3 Å². The number of carbonyl (C=O) groups is 3. The van der Waals surface area contributed by atoms with Crippen molar-refractivity contribution in [3.05, 3.63) is 29.3 Å². The zero-order valence-corrected chi connectivity index (χ0v) is 11.2. The van der Waals surface area contributed by atoms with E-state index in [0.717, 1.165) is 4.90 Å². The summed E-state index contributed by atoms with van der Waals surface area (Å²) < 4.78 is 0. The van der Waals surface area contributed by atoms with Crippen molar-refractivity contribution < 1.29 is 29.7 Å². The first-order valence-electron chi connectivity index (χ1n) is 6.41. The van der Waals surface area contributed by atoms with Crippen LogP contribution in [-0.4, -0.2) is 55.9 Å². The molecule has 116 valence electrons. The number of hydrogen-bond acceptors (Lipinski definition) is 7. The van der Waals surface area contributed by atoms with Crippen LogP contribution in [0, 0.1) is 0 Å². The highest BCUT2D eigenvalue weighted by Crippen LogP contribution is 2.32. The van der Waals surface area contributed by atoms with Crippen LogP contribution in [0.5, 0.6) is 0 Å². The maximum absolute atomic E-state index is 12.4. The van der Waals surface area contributed by atoms with E-state index in [0.29, 0.717) is 11.3 Å². The number of aliphatic hydroxyl groups excluding tert-OH is 1. The lowest BCUT2D eigenvalue weighted by Gasteiger charge is -2.39. The van der Waals surface area contributed by atoms with Crippen LogP contribution >= 0.6 is 0 Å². The SMILES string of the molecule is Nc1cccc2c1CN(C1C(=O)NC(O)C(=O)C1(O)O)C2=O. The summed E-state index contributed by atoms with van der Waals surface area (Å²) in [6.07, 6.45) is -2.04. The molecule has 1 aromatic rings. The summed E-state index contributed by atoms with van der Waals surface area (Å²) in [5.74, 6) is -6.29. The maximum Gasteiger partial charge on any atom is 0.259 e. The lowest BCUT2D eigenvalue weighted by molar-refractivity contribution is -0.220. The third kappa shape index (κ3) is 1.80. The average molecular weight is 307 g/mol. The summed E-state index contributed by atoms with van der Waals surface area (Å²) in [7, 11) is 0. The van der Waals surface area contributed by atoms with Gasteiger partial charge in [-0.3, -0.25) is 14.4 Å². The van der Waals surface area contributed by atoms with E-state index < -0.39 is 35.7 Å². The molecule has 2 heterocycles. The largest absolute Gasteiger partial charge is 0.398 e. The Morgan fingerprint density at radius 1 is 1.27 bits per heavy atom. The summed E-state index contributed by atoms with van der Waals surface area (Å²) in [5, 5.41) is 31.1. The second-order valence-electron chi connectivity index (χ2n) is 5.21. The van der Waals surface area contributed by atoms with Gasteiger partial charge < -0.3 is 31.3 Å². The van der Waals surface area contributed by atoms with Gasteiger partial charge in [-0.2, -0.15) is 0 Å². The molecule has 0 saturated carbocycles. The highest BCUT2D eigenvalue weighted by Gasteiger charge is 2.58. The number of carbonyl (C=O) groups excluding carboxylic acids is 3. The molecule has 22 heavy (non-hydrogen) atoms. The Labute approximate surface area is 123 Å². The molecule has 0 aliphatic carbocycles. The maximum atomic E-state index is 12.4.